The van der Waals surface area contributed by atoms with Gasteiger partial charge in [0.15, 0.2) is 5.69 Å². The lowest BCUT2D eigenvalue weighted by Gasteiger charge is -2.17. The molecule has 9 heteroatoms. The highest BCUT2D eigenvalue weighted by molar-refractivity contribution is 7.14. The molecule has 3 heterocycles. The predicted molar refractivity (Wildman–Crippen MR) is 84.9 cm³/mol. The molecule has 6 nitrogen and oxygen atoms in total. The number of aromatic amines is 1. The molecule has 0 amide bonds. The lowest BCUT2D eigenvalue weighted by atomic mass is 10.2. The Bertz CT molecular complexity index is 875. The maximum atomic E-state index is 8.49. The minimum absolute atomic E-state index is 0.996. The van der Waals surface area contributed by atoms with E-state index in [2.05, 4.69) is 46.1 Å². The summed E-state index contributed by atoms with van der Waals surface area (Å²) >= 11 is 3.45. The largest absolute Gasteiger partial charge is 0.248 e. The lowest BCUT2D eigenvalue weighted by molar-refractivity contribution is -2.00. The Hall–Kier alpha value is -1.91. The first-order valence-electron chi connectivity index (χ1n) is 6.93. The van der Waals surface area contributed by atoms with E-state index in [1.54, 1.807) is 22.7 Å². The number of para-hydroxylation sites is 2. The highest BCUT2D eigenvalue weighted by Crippen LogP contribution is 2.33. The van der Waals surface area contributed by atoms with E-state index in [0.717, 1.165) is 22.4 Å². The molecule has 0 bridgehead atoms. The number of aromatic nitrogens is 2. The van der Waals surface area contributed by atoms with Gasteiger partial charge in [0.1, 0.15) is 10.4 Å². The fourth-order valence-electron chi connectivity index (χ4n) is 2.24. The summed E-state index contributed by atoms with van der Waals surface area (Å²) < 4.78 is 34.0. The van der Waals surface area contributed by atoms with E-state index < -0.39 is 10.2 Å². The van der Waals surface area contributed by atoms with Crippen LogP contribution in [-0.4, -0.2) is 4.98 Å². The van der Waals surface area contributed by atoms with E-state index >= 15 is 0 Å². The Labute approximate surface area is 153 Å². The minimum Gasteiger partial charge on any atom is -0.233 e. The monoisotopic (exact) mass is 394 g/mol. The summed E-state index contributed by atoms with van der Waals surface area (Å²) in [4.78, 5) is 10.8. The van der Waals surface area contributed by atoms with Crippen LogP contribution >= 0.6 is 22.7 Å². The maximum Gasteiger partial charge on any atom is 0.248 e. The zero-order valence-electron chi connectivity index (χ0n) is 12.5. The third kappa shape index (κ3) is 4.80. The quantitative estimate of drug-likeness (QED) is 0.464. The molecule has 0 fully saturated rings. The second kappa shape index (κ2) is 7.54. The van der Waals surface area contributed by atoms with Crippen LogP contribution in [0.1, 0.15) is 0 Å². The molecule has 0 aliphatic carbocycles. The maximum absolute atomic E-state index is 8.49. The lowest BCUT2D eigenvalue weighted by Crippen LogP contribution is -2.68. The molecule has 1 aromatic carbocycles. The van der Waals surface area contributed by atoms with Gasteiger partial charge in [-0.15, -0.1) is 32.9 Å². The molecule has 4 aromatic rings. The molecule has 0 spiro atoms. The molecular weight excluding hydrogens is 384 g/mol. The molecule has 3 aromatic heterocycles. The first kappa shape index (κ1) is 17.9. The molecule has 0 saturated heterocycles. The van der Waals surface area contributed by atoms with E-state index in [-0.39, 0.29) is 0 Å². The average Bonchev–Trinajstić information content (AvgIpc) is 3.25. The van der Waals surface area contributed by atoms with Crippen molar-refractivity contribution in [2.75, 3.05) is 0 Å². The number of nitrogens with one attached hydrogen (secondary N) is 1. The van der Waals surface area contributed by atoms with Crippen LogP contribution in [0.15, 0.2) is 59.3 Å². The molecule has 0 unspecified atom stereocenters. The summed E-state index contributed by atoms with van der Waals surface area (Å²) in [7, 11) is -4.94. The van der Waals surface area contributed by atoms with Crippen molar-refractivity contribution in [2.45, 2.75) is 0 Å². The highest BCUT2D eigenvalue weighted by atomic mass is 35.7. The predicted octanol–water partition coefficient (Wildman–Crippen LogP) is -0.250. The van der Waals surface area contributed by atoms with Crippen LogP contribution in [0.25, 0.3) is 32.2 Å². The summed E-state index contributed by atoms with van der Waals surface area (Å²) in [5.74, 6) is 0. The van der Waals surface area contributed by atoms with Crippen LogP contribution < -0.4 is 23.6 Å². The van der Waals surface area contributed by atoms with Crippen molar-refractivity contribution in [2.24, 2.45) is 0 Å². The van der Waals surface area contributed by atoms with Gasteiger partial charge in [0.25, 0.3) is 0 Å². The van der Waals surface area contributed by atoms with E-state index in [1.807, 2.05) is 18.2 Å². The van der Waals surface area contributed by atoms with Gasteiger partial charge >= 0.3 is 0 Å². The normalized spacial score (nSPS) is 11.2. The first-order chi connectivity index (χ1) is 11.9. The summed E-state index contributed by atoms with van der Waals surface area (Å²) in [6, 6.07) is 16.5. The van der Waals surface area contributed by atoms with Crippen molar-refractivity contribution in [3.63, 3.8) is 0 Å². The number of halogens is 1. The topological polar surface area (TPSA) is 119 Å². The van der Waals surface area contributed by atoms with Gasteiger partial charge < -0.3 is 0 Å². The van der Waals surface area contributed by atoms with Crippen molar-refractivity contribution in [3.8, 4) is 21.1 Å². The number of H-pyrrole nitrogens is 1. The van der Waals surface area contributed by atoms with Gasteiger partial charge in [-0.05, 0) is 29.0 Å². The number of nitrogens with zero attached hydrogens (tertiary/aromatic N) is 1. The molecule has 128 valence electrons. The van der Waals surface area contributed by atoms with Gasteiger partial charge in [-0.3, -0.25) is 0 Å². The van der Waals surface area contributed by atoms with Crippen LogP contribution in [-0.2, 0) is 0 Å². The third-order valence-electron chi connectivity index (χ3n) is 3.15. The van der Waals surface area contributed by atoms with Crippen molar-refractivity contribution >= 4 is 33.7 Å². The Morgan fingerprint density at radius 3 is 2.00 bits per heavy atom. The van der Waals surface area contributed by atoms with Crippen molar-refractivity contribution in [1.29, 1.82) is 0 Å². The number of benzene rings is 1. The smallest absolute Gasteiger partial charge is 0.233 e. The number of thiophene rings is 2. The standard InChI is InChI=1S/C16H10N2S2.ClHO4/c1-2-6-12-11(5-1)17-15(13-7-3-9-19-13)16(18-12)14-8-4-10-20-14;2-1(3,4)5/h1-10H;(H,2,3,4,5). The SMILES string of the molecule is [O-][Cl+3]([O-])([O-])[O-].c1csc(-c2nc3ccccc3[nH+]c2-c2cccs2)c1. The Balaban J connectivity index is 0.000000324. The van der Waals surface area contributed by atoms with Gasteiger partial charge in [-0.25, -0.2) is 28.6 Å². The number of hydrogen-bond donors (Lipinski definition) is 0. The second-order valence-corrected chi connectivity index (χ2v) is 7.46. The number of fused-ring (bicyclic) bond motifs is 1. The van der Waals surface area contributed by atoms with Gasteiger partial charge in [-0.2, -0.15) is 0 Å². The van der Waals surface area contributed by atoms with Crippen LogP contribution in [0.5, 0.6) is 0 Å². The van der Waals surface area contributed by atoms with Gasteiger partial charge in [0.2, 0.25) is 11.2 Å². The fraction of sp³-hybridized carbons (Fsp3) is 0. The summed E-state index contributed by atoms with van der Waals surface area (Å²) in [6.07, 6.45) is 0. The molecule has 4 rings (SSSR count). The van der Waals surface area contributed by atoms with Crippen molar-refractivity contribution in [3.05, 3.63) is 59.3 Å². The van der Waals surface area contributed by atoms with E-state index in [4.69, 9.17) is 23.6 Å². The zero-order valence-corrected chi connectivity index (χ0v) is 14.9. The van der Waals surface area contributed by atoms with Crippen LogP contribution in [0, 0.1) is 10.2 Å². The minimum atomic E-state index is -4.94. The fourth-order valence-corrected chi connectivity index (χ4v) is 3.68. The summed E-state index contributed by atoms with van der Waals surface area (Å²) in [5.41, 5.74) is 4.19. The Morgan fingerprint density at radius 2 is 1.40 bits per heavy atom. The molecule has 0 saturated carbocycles. The highest BCUT2D eigenvalue weighted by Gasteiger charge is 2.19. The van der Waals surface area contributed by atoms with E-state index in [9.17, 15) is 0 Å². The summed E-state index contributed by atoms with van der Waals surface area (Å²) in [6.45, 7) is 0. The van der Waals surface area contributed by atoms with Gasteiger partial charge in [0, 0.05) is 6.07 Å². The molecule has 0 aliphatic heterocycles. The van der Waals surface area contributed by atoms with Gasteiger partial charge in [-0.1, -0.05) is 24.3 Å². The van der Waals surface area contributed by atoms with Crippen molar-refractivity contribution in [1.82, 2.24) is 4.98 Å². The molecule has 0 atom stereocenters. The van der Waals surface area contributed by atoms with E-state index in [0.29, 0.717) is 0 Å². The first-order valence-corrected chi connectivity index (χ1v) is 9.93. The van der Waals surface area contributed by atoms with Gasteiger partial charge in [0.05, 0.1) is 4.88 Å². The number of hydrogen-bond acceptors (Lipinski definition) is 7. The van der Waals surface area contributed by atoms with E-state index in [1.165, 1.54) is 9.75 Å². The molecular formula is C16H11ClN2O4S2. The van der Waals surface area contributed by atoms with Crippen LogP contribution in [0.4, 0.5) is 0 Å². The Morgan fingerprint density at radius 1 is 0.800 bits per heavy atom. The molecule has 1 N–H and O–H groups in total. The van der Waals surface area contributed by atoms with Crippen LogP contribution in [0.2, 0.25) is 0 Å². The molecule has 0 aliphatic rings. The second-order valence-electron chi connectivity index (χ2n) is 4.81. The summed E-state index contributed by atoms with van der Waals surface area (Å²) in [5, 5.41) is 4.18. The third-order valence-corrected chi connectivity index (χ3v) is 4.92. The molecule has 25 heavy (non-hydrogen) atoms. The zero-order chi connectivity index (χ0) is 17.9. The van der Waals surface area contributed by atoms with Crippen LogP contribution in [0.3, 0.4) is 0 Å². The Kier molecular flexibility index (Phi) is 5.40. The average molecular weight is 395 g/mol. The number of rotatable bonds is 2. The van der Waals surface area contributed by atoms with Crippen molar-refractivity contribution < 1.29 is 33.9 Å². The molecule has 0 radical (unpaired) electrons.